The van der Waals surface area contributed by atoms with Crippen molar-refractivity contribution < 1.29 is 13.2 Å². The normalized spacial score (nSPS) is 11.3. The van der Waals surface area contributed by atoms with Gasteiger partial charge in [0.2, 0.25) is 10.0 Å². The minimum Gasteiger partial charge on any atom is -0.494 e. The minimum atomic E-state index is -3.47. The number of sulfonamides is 1. The zero-order chi connectivity index (χ0) is 17.0. The summed E-state index contributed by atoms with van der Waals surface area (Å²) in [6.45, 7) is 2.57. The molecule has 0 bridgehead atoms. The second kappa shape index (κ2) is 7.43. The van der Waals surface area contributed by atoms with Gasteiger partial charge in [0.1, 0.15) is 5.75 Å². The van der Waals surface area contributed by atoms with E-state index >= 15 is 0 Å². The Morgan fingerprint density at radius 3 is 2.26 bits per heavy atom. The van der Waals surface area contributed by atoms with E-state index in [1.165, 1.54) is 4.31 Å². The van der Waals surface area contributed by atoms with E-state index in [9.17, 15) is 8.42 Å². The van der Waals surface area contributed by atoms with Crippen LogP contribution in [0.4, 0.5) is 5.69 Å². The van der Waals surface area contributed by atoms with Crippen LogP contribution in [0.3, 0.4) is 0 Å². The topological polar surface area (TPSA) is 46.6 Å². The van der Waals surface area contributed by atoms with Gasteiger partial charge in [-0.3, -0.25) is 4.31 Å². The van der Waals surface area contributed by atoms with E-state index in [1.807, 2.05) is 6.92 Å². The summed E-state index contributed by atoms with van der Waals surface area (Å²) in [6, 6.07) is 11.9. The molecule has 0 N–H and O–H groups in total. The lowest BCUT2D eigenvalue weighted by Gasteiger charge is -2.23. The molecule has 0 aliphatic carbocycles. The molecule has 2 rings (SSSR count). The van der Waals surface area contributed by atoms with Crippen molar-refractivity contribution in [3.63, 3.8) is 0 Å². The van der Waals surface area contributed by atoms with Crippen LogP contribution in [-0.2, 0) is 16.6 Å². The molecule has 0 amide bonds. The lowest BCUT2D eigenvalue weighted by molar-refractivity contribution is 0.340. The Morgan fingerprint density at radius 2 is 1.74 bits per heavy atom. The summed E-state index contributed by atoms with van der Waals surface area (Å²) in [7, 11) is -3.47. The summed E-state index contributed by atoms with van der Waals surface area (Å²) in [4.78, 5) is 0. The van der Waals surface area contributed by atoms with Crippen LogP contribution in [0.2, 0.25) is 10.0 Å². The number of ether oxygens (including phenoxy) is 1. The summed E-state index contributed by atoms with van der Waals surface area (Å²) in [6.07, 6.45) is 1.16. The average Bonchev–Trinajstić information content (AvgIpc) is 2.47. The molecule has 0 aliphatic heterocycles. The third kappa shape index (κ3) is 4.77. The Kier molecular flexibility index (Phi) is 5.79. The maximum atomic E-state index is 12.2. The quantitative estimate of drug-likeness (QED) is 0.755. The fourth-order valence-corrected chi connectivity index (χ4v) is 3.43. The second-order valence-electron chi connectivity index (χ2n) is 4.93. The highest BCUT2D eigenvalue weighted by Gasteiger charge is 2.19. The number of halogens is 2. The Labute approximate surface area is 146 Å². The van der Waals surface area contributed by atoms with Gasteiger partial charge >= 0.3 is 0 Å². The molecule has 2 aromatic carbocycles. The largest absolute Gasteiger partial charge is 0.494 e. The molecule has 0 fully saturated rings. The lowest BCUT2D eigenvalue weighted by atomic mass is 10.2. The first-order valence-corrected chi connectivity index (χ1v) is 9.56. The first-order valence-electron chi connectivity index (χ1n) is 6.95. The molecule has 0 heterocycles. The maximum Gasteiger partial charge on any atom is 0.232 e. The summed E-state index contributed by atoms with van der Waals surface area (Å²) in [5, 5.41) is 0.933. The Hall–Kier alpha value is -1.43. The van der Waals surface area contributed by atoms with Gasteiger partial charge in [-0.05, 0) is 48.9 Å². The molecule has 0 atom stereocenters. The maximum absolute atomic E-state index is 12.2. The predicted molar refractivity (Wildman–Crippen MR) is 95.1 cm³/mol. The standard InChI is InChI=1S/C16H17Cl2NO3S/c1-3-22-15-8-6-14(7-9-15)19(23(2,20)21)11-12-4-5-13(17)10-16(12)18/h4-10H,3,11H2,1-2H3. The molecule has 0 aromatic heterocycles. The van der Waals surface area contributed by atoms with E-state index < -0.39 is 10.0 Å². The van der Waals surface area contributed by atoms with Crippen molar-refractivity contribution in [3.8, 4) is 5.75 Å². The van der Waals surface area contributed by atoms with Crippen LogP contribution in [0.1, 0.15) is 12.5 Å². The Bertz CT molecular complexity index is 776. The summed E-state index contributed by atoms with van der Waals surface area (Å²) in [5.41, 5.74) is 1.22. The molecular formula is C16H17Cl2NO3S. The van der Waals surface area contributed by atoms with Gasteiger partial charge in [0.05, 0.1) is 25.1 Å². The van der Waals surface area contributed by atoms with E-state index in [0.717, 1.165) is 6.26 Å². The number of anilines is 1. The van der Waals surface area contributed by atoms with E-state index in [2.05, 4.69) is 0 Å². The highest BCUT2D eigenvalue weighted by atomic mass is 35.5. The van der Waals surface area contributed by atoms with Crippen molar-refractivity contribution in [2.24, 2.45) is 0 Å². The van der Waals surface area contributed by atoms with Crippen molar-refractivity contribution in [2.75, 3.05) is 17.2 Å². The van der Waals surface area contributed by atoms with Crippen molar-refractivity contribution in [1.82, 2.24) is 0 Å². The molecule has 0 unspecified atom stereocenters. The molecule has 0 saturated carbocycles. The monoisotopic (exact) mass is 373 g/mol. The molecule has 0 radical (unpaired) electrons. The van der Waals surface area contributed by atoms with Gasteiger partial charge < -0.3 is 4.74 Å². The van der Waals surface area contributed by atoms with Crippen LogP contribution < -0.4 is 9.04 Å². The van der Waals surface area contributed by atoms with Crippen LogP contribution >= 0.6 is 23.2 Å². The zero-order valence-electron chi connectivity index (χ0n) is 12.8. The number of rotatable bonds is 6. The van der Waals surface area contributed by atoms with Gasteiger partial charge in [-0.1, -0.05) is 29.3 Å². The fraction of sp³-hybridized carbons (Fsp3) is 0.250. The highest BCUT2D eigenvalue weighted by Crippen LogP contribution is 2.27. The number of hydrogen-bond donors (Lipinski definition) is 0. The lowest BCUT2D eigenvalue weighted by Crippen LogP contribution is -2.29. The van der Waals surface area contributed by atoms with Crippen LogP contribution in [0.15, 0.2) is 42.5 Å². The van der Waals surface area contributed by atoms with E-state index in [-0.39, 0.29) is 6.54 Å². The highest BCUT2D eigenvalue weighted by molar-refractivity contribution is 7.92. The van der Waals surface area contributed by atoms with Gasteiger partial charge in [-0.25, -0.2) is 8.42 Å². The van der Waals surface area contributed by atoms with Crippen molar-refractivity contribution in [3.05, 3.63) is 58.1 Å². The van der Waals surface area contributed by atoms with Crippen LogP contribution in [0.25, 0.3) is 0 Å². The zero-order valence-corrected chi connectivity index (χ0v) is 15.1. The summed E-state index contributed by atoms with van der Waals surface area (Å²) in [5.74, 6) is 0.689. The smallest absolute Gasteiger partial charge is 0.232 e. The van der Waals surface area contributed by atoms with Crippen LogP contribution in [0, 0.1) is 0 Å². The van der Waals surface area contributed by atoms with Crippen molar-refractivity contribution >= 4 is 38.9 Å². The Balaban J connectivity index is 2.34. The molecule has 2 aromatic rings. The molecule has 0 aliphatic rings. The number of hydrogen-bond acceptors (Lipinski definition) is 3. The average molecular weight is 374 g/mol. The molecular weight excluding hydrogens is 357 g/mol. The molecule has 124 valence electrons. The molecule has 23 heavy (non-hydrogen) atoms. The minimum absolute atomic E-state index is 0.128. The van der Waals surface area contributed by atoms with E-state index in [1.54, 1.807) is 42.5 Å². The van der Waals surface area contributed by atoms with Gasteiger partial charge in [0.15, 0.2) is 0 Å². The van der Waals surface area contributed by atoms with E-state index in [4.69, 9.17) is 27.9 Å². The van der Waals surface area contributed by atoms with Crippen LogP contribution in [-0.4, -0.2) is 21.3 Å². The molecule has 7 heteroatoms. The first-order chi connectivity index (χ1) is 10.8. The fourth-order valence-electron chi connectivity index (χ4n) is 2.08. The van der Waals surface area contributed by atoms with Crippen LogP contribution in [0.5, 0.6) is 5.75 Å². The number of nitrogens with zero attached hydrogens (tertiary/aromatic N) is 1. The van der Waals surface area contributed by atoms with Gasteiger partial charge in [0.25, 0.3) is 0 Å². The third-order valence-electron chi connectivity index (χ3n) is 3.17. The molecule has 4 nitrogen and oxygen atoms in total. The van der Waals surface area contributed by atoms with Gasteiger partial charge in [0, 0.05) is 10.0 Å². The van der Waals surface area contributed by atoms with Gasteiger partial charge in [-0.15, -0.1) is 0 Å². The first kappa shape index (κ1) is 17.9. The summed E-state index contributed by atoms with van der Waals surface area (Å²) < 4.78 is 31.0. The SMILES string of the molecule is CCOc1ccc(N(Cc2ccc(Cl)cc2Cl)S(C)(=O)=O)cc1. The predicted octanol–water partition coefficient (Wildman–Crippen LogP) is 4.36. The van der Waals surface area contributed by atoms with Crippen molar-refractivity contribution in [1.29, 1.82) is 0 Å². The molecule has 0 spiro atoms. The second-order valence-corrected chi connectivity index (χ2v) is 7.68. The summed E-state index contributed by atoms with van der Waals surface area (Å²) >= 11 is 12.0. The Morgan fingerprint density at radius 1 is 1.09 bits per heavy atom. The molecule has 0 saturated heterocycles. The van der Waals surface area contributed by atoms with Crippen molar-refractivity contribution in [2.45, 2.75) is 13.5 Å². The third-order valence-corrected chi connectivity index (χ3v) is 4.89. The van der Waals surface area contributed by atoms with Gasteiger partial charge in [-0.2, -0.15) is 0 Å². The number of benzene rings is 2. The van der Waals surface area contributed by atoms with E-state index in [0.29, 0.717) is 33.7 Å².